The molecule has 0 aliphatic rings. The van der Waals surface area contributed by atoms with E-state index >= 15 is 0 Å². The van der Waals surface area contributed by atoms with Crippen molar-refractivity contribution in [3.05, 3.63) is 63.6 Å². The lowest BCUT2D eigenvalue weighted by Gasteiger charge is -2.17. The number of hydrogen-bond donors (Lipinski definition) is 1. The van der Waals surface area contributed by atoms with Gasteiger partial charge in [0, 0.05) is 29.0 Å². The summed E-state index contributed by atoms with van der Waals surface area (Å²) in [6.45, 7) is 2.66. The Morgan fingerprint density at radius 1 is 1.20 bits per heavy atom. The first-order valence-corrected chi connectivity index (χ1v) is 7.11. The lowest BCUT2D eigenvalue weighted by atomic mass is 10.1. The summed E-state index contributed by atoms with van der Waals surface area (Å²) in [5.74, 6) is -0.450. The molecule has 2 rings (SSSR count). The second-order valence-electron chi connectivity index (χ2n) is 4.54. The molecule has 2 nitrogen and oxygen atoms in total. The van der Waals surface area contributed by atoms with Gasteiger partial charge in [0.25, 0.3) is 0 Å². The van der Waals surface area contributed by atoms with Crippen molar-refractivity contribution < 1.29 is 4.39 Å². The van der Waals surface area contributed by atoms with Gasteiger partial charge in [-0.15, -0.1) is 0 Å². The molecular formula is C15H15Cl2FN2. The second kappa shape index (κ2) is 7.02. The van der Waals surface area contributed by atoms with E-state index in [4.69, 9.17) is 23.2 Å². The van der Waals surface area contributed by atoms with Crippen molar-refractivity contribution in [1.29, 1.82) is 0 Å². The number of halogens is 3. The number of rotatable bonds is 5. The van der Waals surface area contributed by atoms with Crippen molar-refractivity contribution in [2.45, 2.75) is 19.4 Å². The van der Waals surface area contributed by atoms with E-state index in [-0.39, 0.29) is 11.1 Å². The van der Waals surface area contributed by atoms with Gasteiger partial charge in [-0.25, -0.2) is 4.39 Å². The summed E-state index contributed by atoms with van der Waals surface area (Å²) in [6, 6.07) is 6.62. The van der Waals surface area contributed by atoms with Crippen molar-refractivity contribution >= 4 is 23.2 Å². The first-order chi connectivity index (χ1) is 9.59. The van der Waals surface area contributed by atoms with Crippen molar-refractivity contribution in [3.63, 3.8) is 0 Å². The van der Waals surface area contributed by atoms with Crippen molar-refractivity contribution in [2.24, 2.45) is 0 Å². The van der Waals surface area contributed by atoms with Gasteiger partial charge in [-0.1, -0.05) is 23.2 Å². The predicted molar refractivity (Wildman–Crippen MR) is 80.8 cm³/mol. The zero-order valence-electron chi connectivity index (χ0n) is 11.0. The van der Waals surface area contributed by atoms with Crippen LogP contribution < -0.4 is 5.32 Å². The van der Waals surface area contributed by atoms with E-state index in [1.54, 1.807) is 12.4 Å². The highest BCUT2D eigenvalue weighted by Gasteiger charge is 2.16. The Hall–Kier alpha value is -1.16. The molecule has 0 saturated heterocycles. The van der Waals surface area contributed by atoms with Crippen LogP contribution in [0.2, 0.25) is 10.0 Å². The average molecular weight is 313 g/mol. The first kappa shape index (κ1) is 15.2. The molecule has 0 fully saturated rings. The lowest BCUT2D eigenvalue weighted by Crippen LogP contribution is -2.22. The van der Waals surface area contributed by atoms with Crippen molar-refractivity contribution in [2.75, 3.05) is 6.54 Å². The molecule has 2 aromatic rings. The molecule has 0 radical (unpaired) electrons. The van der Waals surface area contributed by atoms with Gasteiger partial charge in [-0.2, -0.15) is 0 Å². The highest BCUT2D eigenvalue weighted by atomic mass is 35.5. The van der Waals surface area contributed by atoms with Gasteiger partial charge in [0.2, 0.25) is 0 Å². The van der Waals surface area contributed by atoms with E-state index in [2.05, 4.69) is 10.3 Å². The molecule has 1 aromatic heterocycles. The molecule has 0 spiro atoms. The third kappa shape index (κ3) is 3.69. The molecule has 0 bridgehead atoms. The fourth-order valence-corrected chi connectivity index (χ4v) is 2.72. The normalized spacial score (nSPS) is 12.4. The Labute approximate surface area is 127 Å². The molecule has 1 unspecified atom stereocenters. The Bertz CT molecular complexity index is 576. The molecule has 106 valence electrons. The third-order valence-electron chi connectivity index (χ3n) is 3.13. The minimum absolute atomic E-state index is 0.0846. The maximum Gasteiger partial charge on any atom is 0.142 e. The smallest absolute Gasteiger partial charge is 0.142 e. The van der Waals surface area contributed by atoms with E-state index in [1.807, 2.05) is 19.1 Å². The molecule has 20 heavy (non-hydrogen) atoms. The lowest BCUT2D eigenvalue weighted by molar-refractivity contribution is 0.567. The summed E-state index contributed by atoms with van der Waals surface area (Å²) in [6.07, 6.45) is 4.38. The van der Waals surface area contributed by atoms with Gasteiger partial charge in [-0.3, -0.25) is 4.98 Å². The summed E-state index contributed by atoms with van der Waals surface area (Å²) in [5.41, 5.74) is 1.79. The Morgan fingerprint density at radius 2 is 1.90 bits per heavy atom. The van der Waals surface area contributed by atoms with Crippen LogP contribution in [-0.4, -0.2) is 11.5 Å². The van der Waals surface area contributed by atoms with Crippen molar-refractivity contribution in [3.8, 4) is 0 Å². The highest BCUT2D eigenvalue weighted by molar-refractivity contribution is 6.36. The zero-order chi connectivity index (χ0) is 14.5. The molecule has 1 N–H and O–H groups in total. The largest absolute Gasteiger partial charge is 0.310 e. The standard InChI is InChI=1S/C15H15Cl2FN2/c1-10(14-12(16)2-3-13(18)15(14)17)20-9-6-11-4-7-19-8-5-11/h2-5,7-8,10,20H,6,9H2,1H3. The van der Waals surface area contributed by atoms with Gasteiger partial charge in [0.15, 0.2) is 0 Å². The minimum Gasteiger partial charge on any atom is -0.310 e. The van der Waals surface area contributed by atoms with E-state index < -0.39 is 5.82 Å². The monoisotopic (exact) mass is 312 g/mol. The third-order valence-corrected chi connectivity index (χ3v) is 3.84. The fraction of sp³-hybridized carbons (Fsp3) is 0.267. The highest BCUT2D eigenvalue weighted by Crippen LogP contribution is 2.32. The van der Waals surface area contributed by atoms with Crippen molar-refractivity contribution in [1.82, 2.24) is 10.3 Å². The summed E-state index contributed by atoms with van der Waals surface area (Å²) < 4.78 is 13.5. The molecule has 0 aliphatic carbocycles. The molecule has 1 heterocycles. The Kier molecular flexibility index (Phi) is 5.35. The molecular weight excluding hydrogens is 298 g/mol. The van der Waals surface area contributed by atoms with Gasteiger partial charge >= 0.3 is 0 Å². The van der Waals surface area contributed by atoms with Gasteiger partial charge in [0.1, 0.15) is 5.82 Å². The SMILES string of the molecule is CC(NCCc1ccncc1)c1c(Cl)ccc(F)c1Cl. The Balaban J connectivity index is 1.99. The first-order valence-electron chi connectivity index (χ1n) is 6.35. The maximum atomic E-state index is 13.5. The number of nitrogens with one attached hydrogen (secondary N) is 1. The number of aromatic nitrogens is 1. The number of nitrogens with zero attached hydrogens (tertiary/aromatic N) is 1. The second-order valence-corrected chi connectivity index (χ2v) is 5.32. The van der Waals surface area contributed by atoms with Crippen LogP contribution in [0.25, 0.3) is 0 Å². The van der Waals surface area contributed by atoms with Crippen LogP contribution in [0.15, 0.2) is 36.7 Å². The van der Waals surface area contributed by atoms with Crippen LogP contribution in [0, 0.1) is 5.82 Å². The van der Waals surface area contributed by atoms with E-state index in [1.165, 1.54) is 17.7 Å². The minimum atomic E-state index is -0.450. The number of hydrogen-bond acceptors (Lipinski definition) is 2. The van der Waals surface area contributed by atoms with Crippen LogP contribution in [-0.2, 0) is 6.42 Å². The summed E-state index contributed by atoms with van der Waals surface area (Å²) in [4.78, 5) is 3.97. The quantitative estimate of drug-likeness (QED) is 0.827. The molecule has 1 aromatic carbocycles. The molecule has 0 aliphatic heterocycles. The van der Waals surface area contributed by atoms with Crippen LogP contribution in [0.4, 0.5) is 4.39 Å². The van der Waals surface area contributed by atoms with Crippen LogP contribution in [0.1, 0.15) is 24.1 Å². The van der Waals surface area contributed by atoms with E-state index in [9.17, 15) is 4.39 Å². The zero-order valence-corrected chi connectivity index (χ0v) is 12.5. The van der Waals surface area contributed by atoms with Gasteiger partial charge in [-0.05, 0) is 49.7 Å². The molecule has 0 amide bonds. The molecule has 5 heteroatoms. The maximum absolute atomic E-state index is 13.5. The van der Waals surface area contributed by atoms with E-state index in [0.717, 1.165) is 13.0 Å². The summed E-state index contributed by atoms with van der Waals surface area (Å²) >= 11 is 12.1. The van der Waals surface area contributed by atoms with Gasteiger partial charge in [0.05, 0.1) is 5.02 Å². The Morgan fingerprint density at radius 3 is 2.60 bits per heavy atom. The van der Waals surface area contributed by atoms with Crippen LogP contribution in [0.3, 0.4) is 0 Å². The average Bonchev–Trinajstić information content (AvgIpc) is 2.44. The van der Waals surface area contributed by atoms with Crippen LogP contribution in [0.5, 0.6) is 0 Å². The molecule has 0 saturated carbocycles. The predicted octanol–water partition coefficient (Wildman–Crippen LogP) is 4.42. The topological polar surface area (TPSA) is 24.9 Å². The fourth-order valence-electron chi connectivity index (χ4n) is 2.02. The van der Waals surface area contributed by atoms with Crippen LogP contribution >= 0.6 is 23.2 Å². The summed E-state index contributed by atoms with van der Waals surface area (Å²) in [7, 11) is 0. The molecule has 1 atom stereocenters. The summed E-state index contributed by atoms with van der Waals surface area (Å²) in [5, 5.41) is 3.86. The number of benzene rings is 1. The van der Waals surface area contributed by atoms with E-state index in [0.29, 0.717) is 10.6 Å². The van der Waals surface area contributed by atoms with Gasteiger partial charge < -0.3 is 5.32 Å². The number of pyridine rings is 1.